The second kappa shape index (κ2) is 9.97. The zero-order chi connectivity index (χ0) is 26.8. The molecule has 1 unspecified atom stereocenters. The quantitative estimate of drug-likeness (QED) is 0.419. The van der Waals surface area contributed by atoms with Crippen molar-refractivity contribution in [1.82, 2.24) is 9.88 Å². The number of aromatic nitrogens is 1. The van der Waals surface area contributed by atoms with Crippen LogP contribution in [0.4, 0.5) is 35.0 Å². The van der Waals surface area contributed by atoms with Crippen LogP contribution < -0.4 is 19.1 Å². The number of nitrogens with zero attached hydrogens (tertiary/aromatic N) is 3. The Hall–Kier alpha value is -4.33. The Morgan fingerprint density at radius 2 is 1.68 bits per heavy atom. The third-order valence-electron chi connectivity index (χ3n) is 5.33. The van der Waals surface area contributed by atoms with E-state index in [1.807, 2.05) is 0 Å². The number of anilines is 3. The number of pyridine rings is 1. The van der Waals surface area contributed by atoms with Gasteiger partial charge in [-0.1, -0.05) is 18.2 Å². The minimum Gasteiger partial charge on any atom is -0.406 e. The summed E-state index contributed by atoms with van der Waals surface area (Å²) in [5.41, 5.74) is 0.834. The van der Waals surface area contributed by atoms with Crippen LogP contribution in [0.25, 0.3) is 0 Å². The number of ether oxygens (including phenoxy) is 1. The second-order valence-electron chi connectivity index (χ2n) is 7.91. The van der Waals surface area contributed by atoms with Gasteiger partial charge in [-0.25, -0.2) is 9.69 Å². The number of para-hydroxylation sites is 1. The standard InChI is InChI=1S/C23H20F3N5O5S/c1-15-21(32)31(18-7-9-19(10-8-18)36-23(24,25)26)22(33)30(15)14-16-11-12-27-13-20(16)29-37(34,35)28-17-5-3-2-4-6-17/h2-13,15,28-29H,14H2,1H3. The average molecular weight is 536 g/mol. The predicted molar refractivity (Wildman–Crippen MR) is 128 cm³/mol. The summed E-state index contributed by atoms with van der Waals surface area (Å²) in [4.78, 5) is 32.0. The maximum absolute atomic E-state index is 13.1. The lowest BCUT2D eigenvalue weighted by Gasteiger charge is -2.21. The van der Waals surface area contributed by atoms with Gasteiger partial charge in [-0.05, 0) is 55.0 Å². The summed E-state index contributed by atoms with van der Waals surface area (Å²) in [6, 6.07) is 12.3. The van der Waals surface area contributed by atoms with Gasteiger partial charge in [0.1, 0.15) is 11.8 Å². The number of hydrogen-bond donors (Lipinski definition) is 2. The van der Waals surface area contributed by atoms with Crippen LogP contribution in [-0.2, 0) is 21.5 Å². The number of nitrogens with one attached hydrogen (secondary N) is 2. The summed E-state index contributed by atoms with van der Waals surface area (Å²) in [5.74, 6) is -1.10. The molecule has 37 heavy (non-hydrogen) atoms. The number of carbonyl (C=O) groups is 2. The van der Waals surface area contributed by atoms with Gasteiger partial charge in [0.15, 0.2) is 0 Å². The largest absolute Gasteiger partial charge is 0.573 e. The Morgan fingerprint density at radius 3 is 2.32 bits per heavy atom. The number of benzene rings is 2. The van der Waals surface area contributed by atoms with Crippen LogP contribution in [-0.4, -0.2) is 42.6 Å². The molecular formula is C23H20F3N5O5S. The smallest absolute Gasteiger partial charge is 0.406 e. The zero-order valence-electron chi connectivity index (χ0n) is 19.1. The third-order valence-corrected chi connectivity index (χ3v) is 6.33. The molecule has 0 aliphatic carbocycles. The van der Waals surface area contributed by atoms with Gasteiger partial charge in [-0.3, -0.25) is 19.2 Å². The first-order valence-electron chi connectivity index (χ1n) is 10.7. The lowest BCUT2D eigenvalue weighted by Crippen LogP contribution is -2.34. The molecule has 0 bridgehead atoms. The highest BCUT2D eigenvalue weighted by atomic mass is 32.2. The third kappa shape index (κ3) is 6.09. The Labute approximate surface area is 209 Å². The van der Waals surface area contributed by atoms with Crippen LogP contribution in [0.15, 0.2) is 73.1 Å². The van der Waals surface area contributed by atoms with Crippen LogP contribution in [0, 0.1) is 0 Å². The van der Waals surface area contributed by atoms with Crippen molar-refractivity contribution in [3.63, 3.8) is 0 Å². The molecule has 1 fully saturated rings. The van der Waals surface area contributed by atoms with E-state index in [9.17, 15) is 31.2 Å². The van der Waals surface area contributed by atoms with Crippen LogP contribution >= 0.6 is 0 Å². The first-order chi connectivity index (χ1) is 17.4. The maximum atomic E-state index is 13.1. The van der Waals surface area contributed by atoms with E-state index in [4.69, 9.17) is 0 Å². The minimum absolute atomic E-state index is 0.0570. The highest BCUT2D eigenvalue weighted by molar-refractivity contribution is 7.94. The molecular weight excluding hydrogens is 515 g/mol. The van der Waals surface area contributed by atoms with Gasteiger partial charge in [0.25, 0.3) is 5.91 Å². The SMILES string of the molecule is CC1C(=O)N(c2ccc(OC(F)(F)F)cc2)C(=O)N1Cc1ccncc1NS(=O)(=O)Nc1ccccc1. The monoisotopic (exact) mass is 535 g/mol. The van der Waals surface area contributed by atoms with E-state index in [1.54, 1.807) is 30.3 Å². The molecule has 1 aliphatic rings. The number of rotatable bonds is 8. The summed E-state index contributed by atoms with van der Waals surface area (Å²) in [6.07, 6.45) is -2.21. The summed E-state index contributed by atoms with van der Waals surface area (Å²) >= 11 is 0. The Balaban J connectivity index is 1.52. The maximum Gasteiger partial charge on any atom is 0.573 e. The molecule has 0 saturated carbocycles. The van der Waals surface area contributed by atoms with Crippen LogP contribution in [0.1, 0.15) is 12.5 Å². The Morgan fingerprint density at radius 1 is 1.00 bits per heavy atom. The van der Waals surface area contributed by atoms with Crippen LogP contribution in [0.5, 0.6) is 5.75 Å². The summed E-state index contributed by atoms with van der Waals surface area (Å²) in [6.45, 7) is 1.34. The van der Waals surface area contributed by atoms with Crippen molar-refractivity contribution in [3.05, 3.63) is 78.6 Å². The normalized spacial score (nSPS) is 16.2. The van der Waals surface area contributed by atoms with E-state index in [0.29, 0.717) is 11.3 Å². The highest BCUT2D eigenvalue weighted by Gasteiger charge is 2.43. The Bertz CT molecular complexity index is 1400. The van der Waals surface area contributed by atoms with Crippen molar-refractivity contribution in [2.75, 3.05) is 14.3 Å². The molecule has 2 aromatic carbocycles. The van der Waals surface area contributed by atoms with Crippen molar-refractivity contribution < 1.29 is 35.9 Å². The molecule has 2 heterocycles. The van der Waals surface area contributed by atoms with Crippen molar-refractivity contribution in [1.29, 1.82) is 0 Å². The van der Waals surface area contributed by atoms with Crippen molar-refractivity contribution >= 4 is 39.2 Å². The number of imide groups is 1. The molecule has 1 aromatic heterocycles. The van der Waals surface area contributed by atoms with Crippen LogP contribution in [0.2, 0.25) is 0 Å². The number of halogens is 3. The van der Waals surface area contributed by atoms with Crippen LogP contribution in [0.3, 0.4) is 0 Å². The summed E-state index contributed by atoms with van der Waals surface area (Å²) < 4.78 is 71.1. The molecule has 3 aromatic rings. The fourth-order valence-electron chi connectivity index (χ4n) is 3.62. The molecule has 0 radical (unpaired) electrons. The van der Waals surface area contributed by atoms with Gasteiger partial charge in [0, 0.05) is 6.20 Å². The van der Waals surface area contributed by atoms with E-state index in [-0.39, 0.29) is 17.9 Å². The van der Waals surface area contributed by atoms with Gasteiger partial charge in [0.05, 0.1) is 29.8 Å². The van der Waals surface area contributed by atoms with E-state index in [1.165, 1.54) is 30.3 Å². The number of hydrogen-bond acceptors (Lipinski definition) is 6. The predicted octanol–water partition coefficient (Wildman–Crippen LogP) is 4.11. The van der Waals surface area contributed by atoms with Gasteiger partial charge >= 0.3 is 22.6 Å². The Kier molecular flexibility index (Phi) is 6.94. The molecule has 1 saturated heterocycles. The fraction of sp³-hybridized carbons (Fsp3) is 0.174. The average Bonchev–Trinajstić information content (AvgIpc) is 3.03. The van der Waals surface area contributed by atoms with E-state index in [0.717, 1.165) is 29.2 Å². The topological polar surface area (TPSA) is 121 Å². The van der Waals surface area contributed by atoms with Gasteiger partial charge in [-0.15, -0.1) is 13.2 Å². The first-order valence-corrected chi connectivity index (χ1v) is 12.2. The van der Waals surface area contributed by atoms with Gasteiger partial charge in [0.2, 0.25) is 0 Å². The number of carbonyl (C=O) groups excluding carboxylic acids is 2. The summed E-state index contributed by atoms with van der Waals surface area (Å²) in [5, 5.41) is 0. The molecule has 2 N–H and O–H groups in total. The van der Waals surface area contributed by atoms with E-state index in [2.05, 4.69) is 19.2 Å². The minimum atomic E-state index is -4.88. The number of amides is 3. The summed E-state index contributed by atoms with van der Waals surface area (Å²) in [7, 11) is -4.07. The molecule has 0 spiro atoms. The molecule has 1 atom stereocenters. The van der Waals surface area contributed by atoms with Crippen molar-refractivity contribution in [2.45, 2.75) is 25.9 Å². The van der Waals surface area contributed by atoms with E-state index >= 15 is 0 Å². The highest BCUT2D eigenvalue weighted by Crippen LogP contribution is 2.31. The molecule has 194 valence electrons. The second-order valence-corrected chi connectivity index (χ2v) is 9.32. The molecule has 3 amide bonds. The fourth-order valence-corrected chi connectivity index (χ4v) is 4.59. The first kappa shape index (κ1) is 25.8. The molecule has 1 aliphatic heterocycles. The van der Waals surface area contributed by atoms with Gasteiger partial charge < -0.3 is 9.64 Å². The van der Waals surface area contributed by atoms with E-state index < -0.39 is 40.3 Å². The zero-order valence-corrected chi connectivity index (χ0v) is 20.0. The molecule has 4 rings (SSSR count). The van der Waals surface area contributed by atoms with Gasteiger partial charge in [-0.2, -0.15) is 8.42 Å². The number of alkyl halides is 3. The molecule has 10 nitrogen and oxygen atoms in total. The lowest BCUT2D eigenvalue weighted by molar-refractivity contribution is -0.274. The molecule has 14 heteroatoms. The number of urea groups is 1. The van der Waals surface area contributed by atoms with Crippen molar-refractivity contribution in [3.8, 4) is 5.75 Å². The lowest BCUT2D eigenvalue weighted by atomic mass is 10.2. The van der Waals surface area contributed by atoms with Crippen molar-refractivity contribution in [2.24, 2.45) is 0 Å².